The fraction of sp³-hybridized carbons (Fsp3) is 0.462. The summed E-state index contributed by atoms with van der Waals surface area (Å²) in [4.78, 5) is 0. The Bertz CT molecular complexity index is 384. The van der Waals surface area contributed by atoms with Crippen LogP contribution in [0.2, 0.25) is 0 Å². The molecule has 0 aliphatic heterocycles. The second-order valence-corrected chi connectivity index (χ2v) is 4.26. The van der Waals surface area contributed by atoms with Crippen molar-refractivity contribution in [1.29, 1.82) is 0 Å². The second-order valence-electron chi connectivity index (χ2n) is 4.26. The van der Waals surface area contributed by atoms with Crippen LogP contribution < -0.4 is 11.1 Å². The van der Waals surface area contributed by atoms with Gasteiger partial charge in [0.2, 0.25) is 0 Å². The van der Waals surface area contributed by atoms with Gasteiger partial charge in [-0.05, 0) is 5.56 Å². The highest BCUT2D eigenvalue weighted by Gasteiger charge is 2.16. The zero-order valence-electron chi connectivity index (χ0n) is 11.0. The number of methoxy groups -OCH3 is 1. The lowest BCUT2D eigenvalue weighted by atomic mass is 9.98. The highest BCUT2D eigenvalue weighted by atomic mass is 16.5. The van der Waals surface area contributed by atoms with Crippen molar-refractivity contribution in [2.75, 3.05) is 26.8 Å². The van der Waals surface area contributed by atoms with Crippen molar-refractivity contribution in [3.8, 4) is 0 Å². The number of nitrogens with zero attached hydrogens (tertiary/aromatic N) is 1. The quantitative estimate of drug-likeness (QED) is 0.232. The van der Waals surface area contributed by atoms with Gasteiger partial charge in [0.1, 0.15) is 5.84 Å². The first-order chi connectivity index (χ1) is 9.19. The first kappa shape index (κ1) is 15.4. The summed E-state index contributed by atoms with van der Waals surface area (Å²) in [5.41, 5.74) is 6.65. The van der Waals surface area contributed by atoms with Gasteiger partial charge in [0.05, 0.1) is 18.6 Å². The smallest absolute Gasteiger partial charge is 0.147 e. The van der Waals surface area contributed by atoms with Gasteiger partial charge < -0.3 is 26.1 Å². The molecule has 0 saturated heterocycles. The van der Waals surface area contributed by atoms with Crippen LogP contribution in [0.4, 0.5) is 0 Å². The van der Waals surface area contributed by atoms with E-state index in [0.717, 1.165) is 5.56 Å². The number of nitrogens with two attached hydrogens (primary N) is 1. The zero-order valence-corrected chi connectivity index (χ0v) is 11.0. The summed E-state index contributed by atoms with van der Waals surface area (Å²) >= 11 is 0. The van der Waals surface area contributed by atoms with Crippen LogP contribution in [0.5, 0.6) is 0 Å². The van der Waals surface area contributed by atoms with Gasteiger partial charge in [-0.1, -0.05) is 35.5 Å². The van der Waals surface area contributed by atoms with Gasteiger partial charge >= 0.3 is 0 Å². The molecule has 1 rings (SSSR count). The molecule has 0 bridgehead atoms. The molecule has 2 unspecified atom stereocenters. The number of aliphatic hydroxyl groups is 1. The van der Waals surface area contributed by atoms with Crippen molar-refractivity contribution < 1.29 is 15.1 Å². The molecule has 0 amide bonds. The van der Waals surface area contributed by atoms with Crippen molar-refractivity contribution in [2.45, 2.75) is 12.0 Å². The number of aliphatic hydroxyl groups excluding tert-OH is 1. The fourth-order valence-electron chi connectivity index (χ4n) is 1.79. The van der Waals surface area contributed by atoms with E-state index in [1.165, 1.54) is 7.11 Å². The number of benzene rings is 1. The van der Waals surface area contributed by atoms with Crippen LogP contribution >= 0.6 is 0 Å². The number of nitrogens with one attached hydrogen (secondary N) is 1. The number of hydrogen-bond acceptors (Lipinski definition) is 5. The van der Waals surface area contributed by atoms with Crippen molar-refractivity contribution in [3.63, 3.8) is 0 Å². The summed E-state index contributed by atoms with van der Waals surface area (Å²) in [5, 5.41) is 24.5. The molecule has 6 heteroatoms. The lowest BCUT2D eigenvalue weighted by Gasteiger charge is -2.18. The Morgan fingerprint density at radius 1 is 1.37 bits per heavy atom. The number of oxime groups is 1. The molecule has 6 nitrogen and oxygen atoms in total. The topological polar surface area (TPSA) is 100 Å². The predicted molar refractivity (Wildman–Crippen MR) is 73.3 cm³/mol. The molecule has 19 heavy (non-hydrogen) atoms. The van der Waals surface area contributed by atoms with Crippen molar-refractivity contribution in [1.82, 2.24) is 5.32 Å². The summed E-state index contributed by atoms with van der Waals surface area (Å²) in [6.07, 6.45) is -0.575. The molecule has 1 aromatic carbocycles. The molecular formula is C13H21N3O3. The maximum atomic E-state index is 9.53. The summed E-state index contributed by atoms with van der Waals surface area (Å²) in [5.74, 6) is -0.0964. The van der Waals surface area contributed by atoms with Gasteiger partial charge in [-0.25, -0.2) is 0 Å². The normalized spacial score (nSPS) is 15.2. The molecule has 5 N–H and O–H groups in total. The predicted octanol–water partition coefficient (Wildman–Crippen LogP) is 0.114. The van der Waals surface area contributed by atoms with Crippen molar-refractivity contribution in [2.24, 2.45) is 10.9 Å². The Morgan fingerprint density at radius 3 is 2.63 bits per heavy atom. The average Bonchev–Trinajstić information content (AvgIpc) is 2.44. The Balaban J connectivity index is 2.57. The molecule has 0 saturated carbocycles. The molecule has 106 valence electrons. The van der Waals surface area contributed by atoms with Crippen molar-refractivity contribution >= 4 is 5.84 Å². The Morgan fingerprint density at radius 2 is 2.05 bits per heavy atom. The van der Waals surface area contributed by atoms with E-state index in [1.54, 1.807) is 0 Å². The minimum absolute atomic E-state index is 0.139. The van der Waals surface area contributed by atoms with E-state index < -0.39 is 6.10 Å². The van der Waals surface area contributed by atoms with E-state index in [-0.39, 0.29) is 18.4 Å². The summed E-state index contributed by atoms with van der Waals surface area (Å²) < 4.78 is 4.84. The summed E-state index contributed by atoms with van der Waals surface area (Å²) in [7, 11) is 1.53. The zero-order chi connectivity index (χ0) is 14.1. The van der Waals surface area contributed by atoms with E-state index in [4.69, 9.17) is 15.7 Å². The maximum Gasteiger partial charge on any atom is 0.147 e. The Kier molecular flexibility index (Phi) is 6.88. The molecule has 0 aromatic heterocycles. The number of ether oxygens (including phenoxy) is 1. The molecule has 0 heterocycles. The van der Waals surface area contributed by atoms with E-state index in [2.05, 4.69) is 10.5 Å². The summed E-state index contributed by atoms with van der Waals surface area (Å²) in [6.45, 7) is 1.13. The third-order valence-corrected chi connectivity index (χ3v) is 2.76. The van der Waals surface area contributed by atoms with Gasteiger partial charge in [0, 0.05) is 20.2 Å². The van der Waals surface area contributed by atoms with Crippen LogP contribution in [0.15, 0.2) is 35.5 Å². The molecule has 0 fully saturated rings. The maximum absolute atomic E-state index is 9.53. The third kappa shape index (κ3) is 5.25. The van der Waals surface area contributed by atoms with E-state index in [0.29, 0.717) is 13.1 Å². The van der Waals surface area contributed by atoms with Crippen LogP contribution in [0.1, 0.15) is 11.5 Å². The number of hydrogen-bond donors (Lipinski definition) is 4. The van der Waals surface area contributed by atoms with Crippen LogP contribution in [-0.4, -0.2) is 49.1 Å². The Hall–Kier alpha value is -1.63. The Labute approximate surface area is 112 Å². The lowest BCUT2D eigenvalue weighted by molar-refractivity contribution is 0.0646. The van der Waals surface area contributed by atoms with Crippen molar-refractivity contribution in [3.05, 3.63) is 35.9 Å². The molecule has 0 aliphatic carbocycles. The number of rotatable bonds is 8. The average molecular weight is 267 g/mol. The molecular weight excluding hydrogens is 246 g/mol. The SMILES string of the molecule is COCC(O)CNCC(C(N)=NO)c1ccccc1. The van der Waals surface area contributed by atoms with E-state index >= 15 is 0 Å². The van der Waals surface area contributed by atoms with Crippen LogP contribution in [0.3, 0.4) is 0 Å². The molecule has 2 atom stereocenters. The monoisotopic (exact) mass is 267 g/mol. The van der Waals surface area contributed by atoms with Gasteiger partial charge in [-0.2, -0.15) is 0 Å². The number of amidine groups is 1. The second kappa shape index (κ2) is 8.47. The molecule has 0 aliphatic rings. The van der Waals surface area contributed by atoms with Gasteiger partial charge in [0.15, 0.2) is 0 Å². The van der Waals surface area contributed by atoms with E-state index in [1.807, 2.05) is 30.3 Å². The molecule has 1 aromatic rings. The third-order valence-electron chi connectivity index (χ3n) is 2.76. The van der Waals surface area contributed by atoms with Gasteiger partial charge in [-0.15, -0.1) is 0 Å². The first-order valence-electron chi connectivity index (χ1n) is 6.09. The summed E-state index contributed by atoms with van der Waals surface area (Å²) in [6, 6.07) is 9.52. The van der Waals surface area contributed by atoms with Crippen LogP contribution in [-0.2, 0) is 4.74 Å². The highest BCUT2D eigenvalue weighted by molar-refractivity contribution is 5.87. The highest BCUT2D eigenvalue weighted by Crippen LogP contribution is 2.14. The van der Waals surface area contributed by atoms with Gasteiger partial charge in [0.25, 0.3) is 0 Å². The first-order valence-corrected chi connectivity index (χ1v) is 6.09. The fourth-order valence-corrected chi connectivity index (χ4v) is 1.79. The minimum Gasteiger partial charge on any atom is -0.409 e. The minimum atomic E-state index is -0.575. The van der Waals surface area contributed by atoms with Crippen LogP contribution in [0, 0.1) is 0 Å². The molecule has 0 radical (unpaired) electrons. The standard InChI is InChI=1S/C13H21N3O3/c1-19-9-11(17)7-15-8-12(13(14)16-18)10-5-3-2-4-6-10/h2-6,11-12,15,17-18H,7-9H2,1H3,(H2,14,16). The van der Waals surface area contributed by atoms with Gasteiger partial charge in [-0.3, -0.25) is 0 Å². The van der Waals surface area contributed by atoms with Crippen LogP contribution in [0.25, 0.3) is 0 Å². The molecule has 0 spiro atoms. The lowest BCUT2D eigenvalue weighted by Crippen LogP contribution is -2.36. The largest absolute Gasteiger partial charge is 0.409 e. The van der Waals surface area contributed by atoms with E-state index in [9.17, 15) is 5.11 Å².